The quantitative estimate of drug-likeness (QED) is 0.138. The van der Waals surface area contributed by atoms with E-state index in [-0.39, 0.29) is 72.4 Å². The summed E-state index contributed by atoms with van der Waals surface area (Å²) in [6.07, 6.45) is -6.10. The molecule has 30 atom stereocenters. The number of aliphatic hydroxyl groups is 3. The SMILES string of the molecule is CC[C@H]1OC(C)(C)O[C@@]1(C)[C@@H]1OC(=O)[C@H](C)[C@@H](O)[C@H](C)[C@@H](O[C@@H]2OC(C)CC(N3CCOCC3)C2O)[C@]2(C)CC(C)C(O2)[C@@H]1C.CC[C@H]1OC(C)(C)O[C@@]1(C)[C@@H]1OC(=O)[C@H](C)[C@@H](O)[C@H](C)[C@@H](O[C@@H]2OC(C)CC(N3CCOCC3)C2OC(C)=O)[C@]2(C)CC(C)C(O2)[C@@H]1C. The van der Waals surface area contributed by atoms with Gasteiger partial charge in [0.1, 0.15) is 29.5 Å². The zero-order chi connectivity index (χ0) is 68.4. The largest absolute Gasteiger partial charge is 0.459 e. The van der Waals surface area contributed by atoms with Crippen molar-refractivity contribution in [1.82, 2.24) is 9.80 Å². The first-order valence-electron chi connectivity index (χ1n) is 35.4. The molecule has 3 N–H and O–H groups in total. The summed E-state index contributed by atoms with van der Waals surface area (Å²) in [6.45, 7) is 45.8. The molecule has 10 unspecified atom stereocenters. The van der Waals surface area contributed by atoms with Gasteiger partial charge in [0, 0.05) is 62.8 Å². The Morgan fingerprint density at radius 2 is 0.903 bits per heavy atom. The van der Waals surface area contributed by atoms with Crippen molar-refractivity contribution in [3.63, 3.8) is 0 Å². The average Bonchev–Trinajstić information content (AvgIpc) is 1.61. The summed E-state index contributed by atoms with van der Waals surface area (Å²) >= 11 is 0. The number of nitrogens with zero attached hydrogens (tertiary/aromatic N) is 2. The van der Waals surface area contributed by atoms with Crippen LogP contribution in [0.15, 0.2) is 0 Å². The number of rotatable bonds is 11. The molecule has 0 aliphatic carbocycles. The second-order valence-corrected chi connectivity index (χ2v) is 31.5. The van der Waals surface area contributed by atoms with Crippen LogP contribution in [-0.2, 0) is 85.4 Å². The third-order valence-electron chi connectivity index (χ3n) is 22.9. The average molecular weight is 1330 g/mol. The molecule has 23 nitrogen and oxygen atoms in total. The minimum atomic E-state index is -1.14. The van der Waals surface area contributed by atoms with E-state index >= 15 is 0 Å². The second-order valence-electron chi connectivity index (χ2n) is 31.5. The Hall–Kier alpha value is -2.27. The highest BCUT2D eigenvalue weighted by Gasteiger charge is 2.65. The fourth-order valence-electron chi connectivity index (χ4n) is 18.6. The Morgan fingerprint density at radius 3 is 1.30 bits per heavy atom. The first-order valence-corrected chi connectivity index (χ1v) is 35.4. The van der Waals surface area contributed by atoms with Gasteiger partial charge in [0.25, 0.3) is 0 Å². The van der Waals surface area contributed by atoms with Crippen LogP contribution in [0.1, 0.15) is 184 Å². The van der Waals surface area contributed by atoms with Crippen LogP contribution in [0.4, 0.5) is 0 Å². The lowest BCUT2D eigenvalue weighted by Gasteiger charge is -2.48. The summed E-state index contributed by atoms with van der Waals surface area (Å²) in [6, 6.07) is -0.285. The molecular weight excluding hydrogens is 1200 g/mol. The van der Waals surface area contributed by atoms with Gasteiger partial charge in [-0.3, -0.25) is 24.2 Å². The molecule has 10 heterocycles. The van der Waals surface area contributed by atoms with Crippen molar-refractivity contribution < 1.29 is 101 Å². The molecule has 0 amide bonds. The maximum Gasteiger partial charge on any atom is 0.311 e. The fourth-order valence-corrected chi connectivity index (χ4v) is 18.6. The Labute approximate surface area is 554 Å². The van der Waals surface area contributed by atoms with Crippen molar-refractivity contribution in [2.75, 3.05) is 52.6 Å². The summed E-state index contributed by atoms with van der Waals surface area (Å²) in [4.78, 5) is 44.8. The second kappa shape index (κ2) is 29.1. The van der Waals surface area contributed by atoms with Crippen LogP contribution in [0, 0.1) is 47.3 Å². The van der Waals surface area contributed by atoms with Gasteiger partial charge in [-0.25, -0.2) is 0 Å². The lowest BCUT2D eigenvalue weighted by atomic mass is 9.76. The van der Waals surface area contributed by atoms with E-state index in [1.807, 2.05) is 104 Å². The van der Waals surface area contributed by atoms with Crippen molar-refractivity contribution in [2.45, 2.75) is 328 Å². The molecule has 0 aromatic heterocycles. The van der Waals surface area contributed by atoms with Crippen molar-refractivity contribution in [1.29, 1.82) is 0 Å². The standard InChI is InChI=1S/C36H61NO11.C34H59NO10/c1-12-26-36(11,48-34(8,9)46-26)31-23(6)28-19(2)18-35(10,47-28)30(21(4)27(39)22(5)32(40)44-31)45-33-29(43-24(7)38)25(17-20(3)42-33)37-13-15-41-16-14-37;1-11-24-34(10,45-32(7,8)43-24)29-22(6)27-18(2)17-33(9,44-27)28(20(4)25(36)21(5)30(38)41-29)42-31-26(37)23(16-19(3)40-31)35-12-14-39-15-13-35/h19-23,25-31,33,39H,12-18H2,1-11H3;18-29,31,36-37H,11-17H2,1-10H3/t19?,20?,21-,22+,23-,25?,26+,27-,28?,29?,30+,31+,33-,35-,36+;18?,19?,20-,21+,22-,23?,24+,25-,26?,27?,28+,29+,31-,33-,34+/m00/s1. The Bertz CT molecular complexity index is 2520. The van der Waals surface area contributed by atoms with E-state index in [4.69, 9.17) is 71.1 Å². The van der Waals surface area contributed by atoms with Crippen LogP contribution in [0.3, 0.4) is 0 Å². The van der Waals surface area contributed by atoms with E-state index in [0.717, 1.165) is 13.1 Å². The molecule has 536 valence electrons. The van der Waals surface area contributed by atoms with Crippen LogP contribution in [0.2, 0.25) is 0 Å². The third-order valence-corrected chi connectivity index (χ3v) is 22.9. The number of carbonyl (C=O) groups excluding carboxylic acids is 3. The lowest BCUT2D eigenvalue weighted by Crippen LogP contribution is -2.62. The minimum absolute atomic E-state index is 0.0501. The van der Waals surface area contributed by atoms with Crippen molar-refractivity contribution in [2.24, 2.45) is 47.3 Å². The summed E-state index contributed by atoms with van der Waals surface area (Å²) in [5.74, 6) is -6.43. The summed E-state index contributed by atoms with van der Waals surface area (Å²) < 4.78 is 96.2. The molecule has 10 fully saturated rings. The molecule has 93 heavy (non-hydrogen) atoms. The number of morpholine rings is 2. The smallest absolute Gasteiger partial charge is 0.311 e. The van der Waals surface area contributed by atoms with E-state index in [1.54, 1.807) is 13.8 Å². The molecular formula is C70H120N2O21. The molecule has 0 aromatic carbocycles. The van der Waals surface area contributed by atoms with Gasteiger partial charge in [-0.1, -0.05) is 55.4 Å². The van der Waals surface area contributed by atoms with Gasteiger partial charge in [0.2, 0.25) is 0 Å². The van der Waals surface area contributed by atoms with Gasteiger partial charge in [-0.05, 0) is 133 Å². The number of esters is 3. The van der Waals surface area contributed by atoms with Gasteiger partial charge < -0.3 is 86.4 Å². The molecule has 0 radical (unpaired) electrons. The molecule has 10 aliphatic rings. The molecule has 10 aliphatic heterocycles. The minimum Gasteiger partial charge on any atom is -0.459 e. The highest BCUT2D eigenvalue weighted by molar-refractivity contribution is 5.73. The van der Waals surface area contributed by atoms with Gasteiger partial charge in [-0.2, -0.15) is 0 Å². The van der Waals surface area contributed by atoms with Crippen LogP contribution in [0.5, 0.6) is 0 Å². The first-order chi connectivity index (χ1) is 43.4. The summed E-state index contributed by atoms with van der Waals surface area (Å²) in [7, 11) is 0. The lowest BCUT2D eigenvalue weighted by molar-refractivity contribution is -0.305. The van der Waals surface area contributed by atoms with Crippen LogP contribution in [0.25, 0.3) is 0 Å². The van der Waals surface area contributed by atoms with Crippen molar-refractivity contribution >= 4 is 17.9 Å². The number of aliphatic hydroxyl groups excluding tert-OH is 3. The number of carbonyl (C=O) groups is 3. The Balaban J connectivity index is 0.000000220. The van der Waals surface area contributed by atoms with E-state index < -0.39 is 137 Å². The molecule has 23 heteroatoms. The van der Waals surface area contributed by atoms with Crippen molar-refractivity contribution in [3.8, 4) is 0 Å². The molecule has 0 saturated carbocycles. The highest BCUT2D eigenvalue weighted by Crippen LogP contribution is 2.53. The van der Waals surface area contributed by atoms with E-state index in [9.17, 15) is 29.7 Å². The third kappa shape index (κ3) is 15.4. The van der Waals surface area contributed by atoms with E-state index in [2.05, 4.69) is 30.6 Å². The summed E-state index contributed by atoms with van der Waals surface area (Å²) in [5, 5.41) is 35.3. The van der Waals surface area contributed by atoms with E-state index in [1.165, 1.54) is 6.92 Å². The first kappa shape index (κ1) is 74.9. The maximum absolute atomic E-state index is 14.0. The molecule has 0 aromatic rings. The molecule has 4 bridgehead atoms. The Morgan fingerprint density at radius 1 is 0.527 bits per heavy atom. The fraction of sp³-hybridized carbons (Fsp3) is 0.957. The molecule has 0 spiro atoms. The number of ether oxygens (including phenoxy) is 15. The zero-order valence-electron chi connectivity index (χ0n) is 60.0. The molecule has 10 saturated heterocycles. The highest BCUT2D eigenvalue weighted by atomic mass is 16.8. The van der Waals surface area contributed by atoms with Gasteiger partial charge in [0.15, 0.2) is 30.3 Å². The van der Waals surface area contributed by atoms with Gasteiger partial charge >= 0.3 is 17.9 Å². The summed E-state index contributed by atoms with van der Waals surface area (Å²) in [5.41, 5.74) is -3.60. The van der Waals surface area contributed by atoms with E-state index in [0.29, 0.717) is 78.0 Å². The number of fused-ring (bicyclic) bond motifs is 4. The normalized spacial score (nSPS) is 50.1. The monoisotopic (exact) mass is 1320 g/mol. The predicted molar refractivity (Wildman–Crippen MR) is 340 cm³/mol. The molecule has 10 rings (SSSR count). The van der Waals surface area contributed by atoms with Gasteiger partial charge in [-0.15, -0.1) is 0 Å². The number of cyclic esters (lactones) is 2. The number of hydrogen-bond acceptors (Lipinski definition) is 23. The topological polar surface area (TPSA) is 257 Å². The van der Waals surface area contributed by atoms with Gasteiger partial charge in [0.05, 0.1) is 117 Å². The Kier molecular flexibility index (Phi) is 23.5. The number of hydrogen-bond donors (Lipinski definition) is 3. The van der Waals surface area contributed by atoms with Crippen molar-refractivity contribution in [3.05, 3.63) is 0 Å². The van der Waals surface area contributed by atoms with Crippen LogP contribution >= 0.6 is 0 Å². The van der Waals surface area contributed by atoms with Crippen LogP contribution < -0.4 is 0 Å². The zero-order valence-corrected chi connectivity index (χ0v) is 60.0. The predicted octanol–water partition coefficient (Wildman–Crippen LogP) is 7.10. The maximum atomic E-state index is 14.0. The van der Waals surface area contributed by atoms with Crippen LogP contribution in [-0.4, -0.2) is 240 Å².